The van der Waals surface area contributed by atoms with Gasteiger partial charge in [-0.25, -0.2) is 13.6 Å². The van der Waals surface area contributed by atoms with Crippen LogP contribution in [-0.2, 0) is 37.2 Å². The molecule has 1 amide bonds. The molecule has 0 spiro atoms. The number of esters is 1. The van der Waals surface area contributed by atoms with Crippen LogP contribution in [-0.4, -0.2) is 32.2 Å². The van der Waals surface area contributed by atoms with Gasteiger partial charge in [-0.05, 0) is 67.6 Å². The second-order valence-corrected chi connectivity index (χ2v) is 9.38. The number of amides is 1. The van der Waals surface area contributed by atoms with E-state index in [9.17, 15) is 18.0 Å². The molecule has 29 heavy (non-hydrogen) atoms. The van der Waals surface area contributed by atoms with E-state index >= 15 is 0 Å². The molecule has 0 aliphatic heterocycles. The average molecular weight is 435 g/mol. The Morgan fingerprint density at radius 2 is 1.93 bits per heavy atom. The number of carbonyl (C=O) groups is 2. The van der Waals surface area contributed by atoms with Crippen molar-refractivity contribution < 1.29 is 22.7 Å². The van der Waals surface area contributed by atoms with Gasteiger partial charge in [0.25, 0.3) is 5.91 Å². The van der Waals surface area contributed by atoms with Crippen molar-refractivity contribution in [2.45, 2.75) is 42.1 Å². The molecule has 3 rings (SSSR count). The van der Waals surface area contributed by atoms with Crippen molar-refractivity contribution >= 4 is 39.3 Å². The molecule has 1 atom stereocenters. The quantitative estimate of drug-likeness (QED) is 0.511. The highest BCUT2D eigenvalue weighted by molar-refractivity contribution is 8.00. The number of hydrogen-bond donors (Lipinski definition) is 2. The molecule has 3 N–H and O–H groups in total. The zero-order valence-corrected chi connectivity index (χ0v) is 17.5. The lowest BCUT2D eigenvalue weighted by Gasteiger charge is -2.14. The average Bonchev–Trinajstić information content (AvgIpc) is 3.13. The summed E-state index contributed by atoms with van der Waals surface area (Å²) in [7, 11) is -3.88. The van der Waals surface area contributed by atoms with Crippen molar-refractivity contribution in [1.82, 2.24) is 0 Å². The number of primary sulfonamides is 1. The van der Waals surface area contributed by atoms with Crippen LogP contribution in [0, 0.1) is 0 Å². The topological polar surface area (TPSA) is 116 Å². The minimum absolute atomic E-state index is 0.0946. The van der Waals surface area contributed by atoms with Gasteiger partial charge in [0.05, 0.1) is 10.6 Å². The van der Waals surface area contributed by atoms with Crippen molar-refractivity contribution in [2.75, 3.05) is 11.1 Å². The highest BCUT2D eigenvalue weighted by Crippen LogP contribution is 2.27. The fourth-order valence-electron chi connectivity index (χ4n) is 3.06. The van der Waals surface area contributed by atoms with Crippen LogP contribution >= 0.6 is 11.8 Å². The van der Waals surface area contributed by atoms with Gasteiger partial charge in [0.2, 0.25) is 10.0 Å². The van der Waals surface area contributed by atoms with Gasteiger partial charge in [-0.2, -0.15) is 0 Å². The fraction of sp³-hybridized carbons (Fsp3) is 0.300. The minimum Gasteiger partial charge on any atom is -0.452 e. The van der Waals surface area contributed by atoms with Gasteiger partial charge in [-0.3, -0.25) is 9.59 Å². The van der Waals surface area contributed by atoms with E-state index in [-0.39, 0.29) is 16.3 Å². The van der Waals surface area contributed by atoms with E-state index in [1.54, 1.807) is 0 Å². The van der Waals surface area contributed by atoms with E-state index in [2.05, 4.69) is 17.4 Å². The largest absolute Gasteiger partial charge is 0.452 e. The van der Waals surface area contributed by atoms with Crippen LogP contribution in [0.15, 0.2) is 52.3 Å². The molecule has 0 bridgehead atoms. The summed E-state index contributed by atoms with van der Waals surface area (Å²) in [6.07, 6.45) is 2.31. The summed E-state index contributed by atoms with van der Waals surface area (Å²) >= 11 is 1.37. The lowest BCUT2D eigenvalue weighted by Crippen LogP contribution is -2.30. The van der Waals surface area contributed by atoms with Crippen molar-refractivity contribution in [2.24, 2.45) is 5.14 Å². The lowest BCUT2D eigenvalue weighted by atomic mass is 10.1. The fourth-order valence-corrected chi connectivity index (χ4v) is 4.36. The summed E-state index contributed by atoms with van der Waals surface area (Å²) < 4.78 is 28.0. The molecule has 2 aromatic rings. The Balaban J connectivity index is 1.51. The normalized spacial score (nSPS) is 14.1. The number of carbonyl (C=O) groups excluding carboxylic acids is 2. The van der Waals surface area contributed by atoms with Gasteiger partial charge >= 0.3 is 5.97 Å². The molecule has 0 saturated heterocycles. The first kappa shape index (κ1) is 21.4. The molecule has 1 aliphatic rings. The van der Waals surface area contributed by atoms with Crippen molar-refractivity contribution in [3.05, 3.63) is 53.6 Å². The Morgan fingerprint density at radius 3 is 2.69 bits per heavy atom. The molecule has 0 fully saturated rings. The number of benzene rings is 2. The maximum Gasteiger partial charge on any atom is 0.317 e. The van der Waals surface area contributed by atoms with Crippen LogP contribution in [0.2, 0.25) is 0 Å². The predicted octanol–water partition coefficient (Wildman–Crippen LogP) is 2.49. The Bertz CT molecular complexity index is 1040. The maximum absolute atomic E-state index is 12.2. The van der Waals surface area contributed by atoms with E-state index in [1.807, 2.05) is 6.07 Å². The predicted molar refractivity (Wildman–Crippen MR) is 111 cm³/mol. The second kappa shape index (κ2) is 8.98. The van der Waals surface area contributed by atoms with Gasteiger partial charge in [0.1, 0.15) is 0 Å². The molecule has 9 heteroatoms. The number of hydrogen-bond acceptors (Lipinski definition) is 6. The number of nitrogens with one attached hydrogen (secondary N) is 1. The third kappa shape index (κ3) is 5.81. The number of aryl methyl sites for hydroxylation is 2. The molecule has 0 saturated carbocycles. The Hall–Kier alpha value is -2.36. The standard InChI is InChI=1S/C20H22N2O5S2/c1-13(20(24)22-16-6-3-7-18(11-16)29(21,25)26)27-19(23)12-28-17-9-8-14-4-2-5-15(14)10-17/h3,6-11,13H,2,4-5,12H2,1H3,(H,22,24)(H2,21,25,26). The molecular weight excluding hydrogens is 412 g/mol. The highest BCUT2D eigenvalue weighted by Gasteiger charge is 2.19. The molecule has 0 radical (unpaired) electrons. The Kier molecular flexibility index (Phi) is 6.61. The van der Waals surface area contributed by atoms with E-state index in [4.69, 9.17) is 9.88 Å². The maximum atomic E-state index is 12.2. The molecule has 2 aromatic carbocycles. The number of sulfonamides is 1. The van der Waals surface area contributed by atoms with Crippen LogP contribution in [0.4, 0.5) is 5.69 Å². The van der Waals surface area contributed by atoms with Crippen LogP contribution in [0.25, 0.3) is 0 Å². The summed E-state index contributed by atoms with van der Waals surface area (Å²) in [5, 5.41) is 7.60. The minimum atomic E-state index is -3.88. The molecule has 154 valence electrons. The van der Waals surface area contributed by atoms with E-state index in [0.717, 1.165) is 24.2 Å². The monoisotopic (exact) mass is 434 g/mol. The van der Waals surface area contributed by atoms with Crippen molar-refractivity contribution in [1.29, 1.82) is 0 Å². The number of rotatable bonds is 7. The van der Waals surface area contributed by atoms with Crippen LogP contribution < -0.4 is 10.5 Å². The summed E-state index contributed by atoms with van der Waals surface area (Å²) in [6, 6.07) is 11.7. The molecular formula is C20H22N2O5S2. The van der Waals surface area contributed by atoms with Gasteiger partial charge < -0.3 is 10.1 Å². The molecule has 7 nitrogen and oxygen atoms in total. The van der Waals surface area contributed by atoms with Crippen LogP contribution in [0.1, 0.15) is 24.5 Å². The molecule has 1 unspecified atom stereocenters. The van der Waals surface area contributed by atoms with Crippen LogP contribution in [0.3, 0.4) is 0 Å². The van der Waals surface area contributed by atoms with Crippen molar-refractivity contribution in [3.63, 3.8) is 0 Å². The number of thioether (sulfide) groups is 1. The van der Waals surface area contributed by atoms with Crippen LogP contribution in [0.5, 0.6) is 0 Å². The van der Waals surface area contributed by atoms with E-state index in [0.29, 0.717) is 0 Å². The first-order valence-corrected chi connectivity index (χ1v) is 11.6. The number of fused-ring (bicyclic) bond motifs is 1. The van der Waals surface area contributed by atoms with E-state index in [1.165, 1.54) is 54.1 Å². The summed E-state index contributed by atoms with van der Waals surface area (Å²) in [6.45, 7) is 1.46. The zero-order chi connectivity index (χ0) is 21.0. The third-order valence-corrected chi connectivity index (χ3v) is 6.41. The zero-order valence-electron chi connectivity index (χ0n) is 15.9. The van der Waals surface area contributed by atoms with Gasteiger partial charge in [0, 0.05) is 10.6 Å². The van der Waals surface area contributed by atoms with Gasteiger partial charge in [-0.1, -0.05) is 12.1 Å². The number of anilines is 1. The Labute approximate surface area is 174 Å². The Morgan fingerprint density at radius 1 is 1.17 bits per heavy atom. The molecule has 0 heterocycles. The van der Waals surface area contributed by atoms with Crippen molar-refractivity contribution in [3.8, 4) is 0 Å². The lowest BCUT2D eigenvalue weighted by molar-refractivity contribution is -0.150. The number of ether oxygens (including phenoxy) is 1. The molecule has 1 aliphatic carbocycles. The smallest absolute Gasteiger partial charge is 0.317 e. The highest BCUT2D eigenvalue weighted by atomic mass is 32.2. The van der Waals surface area contributed by atoms with Gasteiger partial charge in [-0.15, -0.1) is 11.8 Å². The summed E-state index contributed by atoms with van der Waals surface area (Å²) in [5.74, 6) is -0.971. The molecule has 0 aromatic heterocycles. The summed E-state index contributed by atoms with van der Waals surface area (Å²) in [4.78, 5) is 25.2. The SMILES string of the molecule is CC(OC(=O)CSc1ccc2c(c1)CCC2)C(=O)Nc1cccc(S(N)(=O)=O)c1. The third-order valence-electron chi connectivity index (χ3n) is 4.53. The second-order valence-electron chi connectivity index (χ2n) is 6.77. The summed E-state index contributed by atoms with van der Waals surface area (Å²) in [5.41, 5.74) is 2.95. The van der Waals surface area contributed by atoms with E-state index < -0.39 is 28.0 Å². The first-order chi connectivity index (χ1) is 13.7. The number of nitrogens with two attached hydrogens (primary N) is 1. The first-order valence-electron chi connectivity index (χ1n) is 9.10. The van der Waals surface area contributed by atoms with Gasteiger partial charge in [0.15, 0.2) is 6.10 Å².